The van der Waals surface area contributed by atoms with Crippen molar-refractivity contribution in [3.63, 3.8) is 0 Å². The van der Waals surface area contributed by atoms with E-state index in [1.807, 2.05) is 0 Å². The lowest BCUT2D eigenvalue weighted by Crippen LogP contribution is -2.39. The second-order valence-electron chi connectivity index (χ2n) is 6.66. The average Bonchev–Trinajstić information content (AvgIpc) is 3.27. The largest absolute Gasteiger partial charge is 0.465 e. The standard InChI is InChI=1S/C16H19F3N4O2/c17-16(18,19)12-7-11(21-14(22-12)10-5-6-10)13(20)23(15(24)25)8-9-3-1-2-4-9/h7,9-10,20H,1-6,8H2,(H,24,25). The number of alkyl halides is 3. The van der Waals surface area contributed by atoms with E-state index < -0.39 is 23.8 Å². The Morgan fingerprint density at radius 3 is 2.40 bits per heavy atom. The van der Waals surface area contributed by atoms with Crippen LogP contribution >= 0.6 is 0 Å². The van der Waals surface area contributed by atoms with Crippen LogP contribution in [0.15, 0.2) is 6.07 Å². The topological polar surface area (TPSA) is 90.2 Å². The van der Waals surface area contributed by atoms with Crippen molar-refractivity contribution in [2.45, 2.75) is 50.6 Å². The van der Waals surface area contributed by atoms with Gasteiger partial charge in [0.2, 0.25) is 0 Å². The van der Waals surface area contributed by atoms with Gasteiger partial charge in [-0.3, -0.25) is 10.3 Å². The van der Waals surface area contributed by atoms with Crippen LogP contribution in [-0.4, -0.2) is 38.4 Å². The maximum atomic E-state index is 13.1. The molecule has 1 aromatic heterocycles. The van der Waals surface area contributed by atoms with Crippen molar-refractivity contribution in [3.8, 4) is 0 Å². The summed E-state index contributed by atoms with van der Waals surface area (Å²) >= 11 is 0. The van der Waals surface area contributed by atoms with Crippen molar-refractivity contribution in [2.24, 2.45) is 5.92 Å². The Labute approximate surface area is 142 Å². The SMILES string of the molecule is N=C(c1cc(C(F)(F)F)nc(C2CC2)n1)N(CC1CCCC1)C(=O)O. The third-order valence-electron chi connectivity index (χ3n) is 4.64. The number of carbonyl (C=O) groups is 1. The molecule has 25 heavy (non-hydrogen) atoms. The summed E-state index contributed by atoms with van der Waals surface area (Å²) in [6.45, 7) is 0.109. The van der Waals surface area contributed by atoms with E-state index in [4.69, 9.17) is 5.41 Å². The monoisotopic (exact) mass is 356 g/mol. The second-order valence-corrected chi connectivity index (χ2v) is 6.66. The molecular formula is C16H19F3N4O2. The molecule has 2 aliphatic carbocycles. The lowest BCUT2D eigenvalue weighted by atomic mass is 10.1. The van der Waals surface area contributed by atoms with Gasteiger partial charge in [0.1, 0.15) is 17.2 Å². The van der Waals surface area contributed by atoms with Gasteiger partial charge >= 0.3 is 12.3 Å². The minimum atomic E-state index is -4.67. The Hall–Kier alpha value is -2.19. The van der Waals surface area contributed by atoms with E-state index in [0.29, 0.717) is 18.9 Å². The molecule has 0 aliphatic heterocycles. The molecule has 2 fully saturated rings. The van der Waals surface area contributed by atoms with Crippen LogP contribution in [0.2, 0.25) is 0 Å². The molecule has 0 aromatic carbocycles. The number of hydrogen-bond donors (Lipinski definition) is 2. The number of halogens is 3. The molecule has 0 saturated heterocycles. The molecule has 2 N–H and O–H groups in total. The minimum absolute atomic E-state index is 0.0424. The summed E-state index contributed by atoms with van der Waals surface area (Å²) in [4.78, 5) is 19.9. The van der Waals surface area contributed by atoms with Gasteiger partial charge < -0.3 is 5.11 Å². The lowest BCUT2D eigenvalue weighted by Gasteiger charge is -2.23. The third kappa shape index (κ3) is 4.08. The van der Waals surface area contributed by atoms with Crippen LogP contribution in [0.5, 0.6) is 0 Å². The highest BCUT2D eigenvalue weighted by Gasteiger charge is 2.37. The molecule has 0 bridgehead atoms. The van der Waals surface area contributed by atoms with E-state index in [1.165, 1.54) is 0 Å². The number of nitrogens with zero attached hydrogens (tertiary/aromatic N) is 3. The van der Waals surface area contributed by atoms with Crippen LogP contribution in [0.1, 0.15) is 61.7 Å². The van der Waals surface area contributed by atoms with E-state index in [1.54, 1.807) is 0 Å². The van der Waals surface area contributed by atoms with Crippen molar-refractivity contribution in [1.82, 2.24) is 14.9 Å². The fraction of sp³-hybridized carbons (Fsp3) is 0.625. The first-order chi connectivity index (χ1) is 11.8. The summed E-state index contributed by atoms with van der Waals surface area (Å²) in [5, 5.41) is 17.5. The summed E-state index contributed by atoms with van der Waals surface area (Å²) in [6.07, 6.45) is -0.869. The van der Waals surface area contributed by atoms with Crippen molar-refractivity contribution < 1.29 is 23.1 Å². The Bertz CT molecular complexity index is 682. The number of hydrogen-bond acceptors (Lipinski definition) is 4. The van der Waals surface area contributed by atoms with Gasteiger partial charge in [-0.05, 0) is 37.7 Å². The van der Waals surface area contributed by atoms with Crippen molar-refractivity contribution in [2.75, 3.05) is 6.54 Å². The minimum Gasteiger partial charge on any atom is -0.465 e. The van der Waals surface area contributed by atoms with Gasteiger partial charge in [0.05, 0.1) is 0 Å². The Morgan fingerprint density at radius 1 is 1.24 bits per heavy atom. The van der Waals surface area contributed by atoms with Gasteiger partial charge in [-0.15, -0.1) is 0 Å². The van der Waals surface area contributed by atoms with Crippen molar-refractivity contribution >= 4 is 11.9 Å². The summed E-state index contributed by atoms with van der Waals surface area (Å²) in [5.74, 6) is -0.486. The van der Waals surface area contributed by atoms with E-state index in [0.717, 1.165) is 30.6 Å². The zero-order valence-electron chi connectivity index (χ0n) is 13.5. The number of carboxylic acid groups (broad SMARTS) is 1. The first-order valence-electron chi connectivity index (χ1n) is 8.31. The maximum absolute atomic E-state index is 13.1. The first-order valence-corrected chi connectivity index (χ1v) is 8.31. The molecule has 0 unspecified atom stereocenters. The Kier molecular flexibility index (Phi) is 4.66. The summed E-state index contributed by atoms with van der Waals surface area (Å²) < 4.78 is 39.3. The molecule has 2 aliphatic rings. The van der Waals surface area contributed by atoms with Gasteiger partial charge in [0, 0.05) is 12.5 Å². The quantitative estimate of drug-likeness (QED) is 0.633. The molecule has 1 heterocycles. The third-order valence-corrected chi connectivity index (χ3v) is 4.64. The molecule has 3 rings (SSSR count). The molecule has 2 saturated carbocycles. The van der Waals surface area contributed by atoms with E-state index >= 15 is 0 Å². The molecular weight excluding hydrogens is 337 g/mol. The van der Waals surface area contributed by atoms with Crippen LogP contribution in [0.4, 0.5) is 18.0 Å². The van der Waals surface area contributed by atoms with Gasteiger partial charge in [-0.1, -0.05) is 12.8 Å². The van der Waals surface area contributed by atoms with Crippen LogP contribution in [0, 0.1) is 11.3 Å². The number of aromatic nitrogens is 2. The molecule has 0 atom stereocenters. The zero-order chi connectivity index (χ0) is 18.2. The smallest absolute Gasteiger partial charge is 0.433 e. The van der Waals surface area contributed by atoms with E-state index in [9.17, 15) is 23.1 Å². The molecule has 1 aromatic rings. The molecule has 136 valence electrons. The zero-order valence-corrected chi connectivity index (χ0v) is 13.5. The lowest BCUT2D eigenvalue weighted by molar-refractivity contribution is -0.141. The maximum Gasteiger partial charge on any atom is 0.433 e. The number of amidine groups is 1. The highest BCUT2D eigenvalue weighted by atomic mass is 19.4. The number of amides is 1. The molecule has 0 spiro atoms. The second kappa shape index (κ2) is 6.61. The Morgan fingerprint density at radius 2 is 1.88 bits per heavy atom. The number of rotatable bonds is 4. The summed E-state index contributed by atoms with van der Waals surface area (Å²) in [6, 6.07) is 0.665. The predicted molar refractivity (Wildman–Crippen MR) is 82.5 cm³/mol. The van der Waals surface area contributed by atoms with Crippen molar-refractivity contribution in [1.29, 1.82) is 5.41 Å². The Balaban J connectivity index is 1.90. The average molecular weight is 356 g/mol. The molecule has 6 nitrogen and oxygen atoms in total. The van der Waals surface area contributed by atoms with Gasteiger partial charge in [0.25, 0.3) is 0 Å². The summed E-state index contributed by atoms with van der Waals surface area (Å²) in [5.41, 5.74) is -1.42. The van der Waals surface area contributed by atoms with Gasteiger partial charge in [0.15, 0.2) is 5.84 Å². The highest BCUT2D eigenvalue weighted by Crippen LogP contribution is 2.39. The van der Waals surface area contributed by atoms with Crippen LogP contribution in [-0.2, 0) is 6.18 Å². The molecule has 1 amide bonds. The molecule has 0 radical (unpaired) electrons. The number of nitrogens with one attached hydrogen (secondary N) is 1. The van der Waals surface area contributed by atoms with Crippen molar-refractivity contribution in [3.05, 3.63) is 23.3 Å². The van der Waals surface area contributed by atoms with Crippen LogP contribution in [0.3, 0.4) is 0 Å². The highest BCUT2D eigenvalue weighted by molar-refractivity contribution is 6.03. The molecule has 9 heteroatoms. The van der Waals surface area contributed by atoms with E-state index in [2.05, 4.69) is 9.97 Å². The normalized spacial score (nSPS) is 18.4. The fourth-order valence-electron chi connectivity index (χ4n) is 3.11. The van der Waals surface area contributed by atoms with Crippen LogP contribution < -0.4 is 0 Å². The summed E-state index contributed by atoms with van der Waals surface area (Å²) in [7, 11) is 0. The van der Waals surface area contributed by atoms with E-state index in [-0.39, 0.29) is 29.9 Å². The van der Waals surface area contributed by atoms with Gasteiger partial charge in [-0.2, -0.15) is 13.2 Å². The van der Waals surface area contributed by atoms with Gasteiger partial charge in [-0.25, -0.2) is 14.8 Å². The van der Waals surface area contributed by atoms with Crippen LogP contribution in [0.25, 0.3) is 0 Å². The fourth-order valence-corrected chi connectivity index (χ4v) is 3.11. The first kappa shape index (κ1) is 17.6. The predicted octanol–water partition coefficient (Wildman–Crippen LogP) is 3.87.